The molecule has 0 saturated carbocycles. The van der Waals surface area contributed by atoms with Gasteiger partial charge in [-0.1, -0.05) is 31.8 Å². The number of anilines is 1. The topological polar surface area (TPSA) is 68.2 Å². The normalized spacial score (nSPS) is 19.0. The standard InChI is InChI=1S/C13H24N4O/c1-10(2)9-11(14)12-15-16-13(18-12)17-7-5-3-4-6-8-17/h10-11H,3-9,14H2,1-2H3. The first-order valence-corrected chi connectivity index (χ1v) is 7.00. The van der Waals surface area contributed by atoms with E-state index in [2.05, 4.69) is 28.9 Å². The van der Waals surface area contributed by atoms with E-state index in [-0.39, 0.29) is 6.04 Å². The summed E-state index contributed by atoms with van der Waals surface area (Å²) in [6, 6.07) is 0.504. The number of hydrogen-bond acceptors (Lipinski definition) is 5. The summed E-state index contributed by atoms with van der Waals surface area (Å²) in [5.74, 6) is 1.11. The zero-order valence-corrected chi connectivity index (χ0v) is 11.4. The third-order valence-corrected chi connectivity index (χ3v) is 3.35. The van der Waals surface area contributed by atoms with E-state index in [1.165, 1.54) is 25.7 Å². The van der Waals surface area contributed by atoms with Crippen LogP contribution < -0.4 is 10.6 Å². The minimum Gasteiger partial charge on any atom is -0.406 e. The average Bonchev–Trinajstić information content (AvgIpc) is 2.65. The van der Waals surface area contributed by atoms with Gasteiger partial charge in [0.15, 0.2) is 0 Å². The van der Waals surface area contributed by atoms with Gasteiger partial charge in [-0.05, 0) is 25.2 Å². The number of aromatic nitrogens is 2. The lowest BCUT2D eigenvalue weighted by Crippen LogP contribution is -2.24. The van der Waals surface area contributed by atoms with E-state index in [0.717, 1.165) is 19.5 Å². The molecule has 5 heteroatoms. The highest BCUT2D eigenvalue weighted by Gasteiger charge is 2.19. The highest BCUT2D eigenvalue weighted by atomic mass is 16.4. The number of rotatable bonds is 4. The number of hydrogen-bond donors (Lipinski definition) is 1. The Morgan fingerprint density at radius 2 is 1.83 bits per heavy atom. The second kappa shape index (κ2) is 6.18. The molecule has 0 radical (unpaired) electrons. The molecule has 1 aliphatic rings. The molecule has 2 N–H and O–H groups in total. The first kappa shape index (κ1) is 13.3. The summed E-state index contributed by atoms with van der Waals surface area (Å²) in [6.45, 7) is 6.32. The number of nitrogens with zero attached hydrogens (tertiary/aromatic N) is 3. The van der Waals surface area contributed by atoms with Gasteiger partial charge in [0, 0.05) is 13.1 Å². The van der Waals surface area contributed by atoms with Gasteiger partial charge >= 0.3 is 6.01 Å². The predicted octanol–water partition coefficient (Wildman–Crippen LogP) is 2.50. The van der Waals surface area contributed by atoms with Gasteiger partial charge < -0.3 is 15.1 Å². The van der Waals surface area contributed by atoms with Crippen molar-refractivity contribution >= 4 is 6.01 Å². The first-order valence-electron chi connectivity index (χ1n) is 7.00. The Morgan fingerprint density at radius 3 is 2.44 bits per heavy atom. The van der Waals surface area contributed by atoms with Crippen molar-refractivity contribution in [3.63, 3.8) is 0 Å². The Morgan fingerprint density at radius 1 is 1.17 bits per heavy atom. The van der Waals surface area contributed by atoms with E-state index in [9.17, 15) is 0 Å². The van der Waals surface area contributed by atoms with Crippen LogP contribution in [-0.4, -0.2) is 23.3 Å². The molecule has 5 nitrogen and oxygen atoms in total. The number of nitrogens with two attached hydrogens (primary N) is 1. The monoisotopic (exact) mass is 252 g/mol. The molecule has 1 aromatic heterocycles. The average molecular weight is 252 g/mol. The molecule has 2 heterocycles. The molecule has 1 aliphatic heterocycles. The summed E-state index contributed by atoms with van der Waals surface area (Å²) < 4.78 is 5.72. The quantitative estimate of drug-likeness (QED) is 0.891. The molecule has 1 atom stereocenters. The second-order valence-corrected chi connectivity index (χ2v) is 5.56. The maximum atomic E-state index is 6.05. The molecule has 1 fully saturated rings. The lowest BCUT2D eigenvalue weighted by molar-refractivity contribution is 0.401. The van der Waals surface area contributed by atoms with E-state index in [4.69, 9.17) is 10.2 Å². The van der Waals surface area contributed by atoms with Gasteiger partial charge in [-0.15, -0.1) is 5.10 Å². The minimum atomic E-state index is -0.141. The van der Waals surface area contributed by atoms with Crippen molar-refractivity contribution in [3.05, 3.63) is 5.89 Å². The smallest absolute Gasteiger partial charge is 0.318 e. The molecular formula is C13H24N4O. The van der Waals surface area contributed by atoms with Crippen LogP contribution in [0.1, 0.15) is 57.9 Å². The summed E-state index contributed by atoms with van der Waals surface area (Å²) in [4.78, 5) is 2.19. The van der Waals surface area contributed by atoms with Crippen LogP contribution in [-0.2, 0) is 0 Å². The fourth-order valence-electron chi connectivity index (χ4n) is 2.37. The van der Waals surface area contributed by atoms with Crippen molar-refractivity contribution in [3.8, 4) is 0 Å². The molecule has 0 aromatic carbocycles. The molecule has 2 rings (SSSR count). The van der Waals surface area contributed by atoms with Crippen LogP contribution in [0.25, 0.3) is 0 Å². The molecule has 1 saturated heterocycles. The van der Waals surface area contributed by atoms with Crippen molar-refractivity contribution in [2.75, 3.05) is 18.0 Å². The highest BCUT2D eigenvalue weighted by Crippen LogP contribution is 2.22. The Bertz CT molecular complexity index is 356. The molecule has 0 bridgehead atoms. The van der Waals surface area contributed by atoms with Crippen LogP contribution in [0.3, 0.4) is 0 Å². The van der Waals surface area contributed by atoms with Gasteiger partial charge in [0.1, 0.15) is 0 Å². The maximum absolute atomic E-state index is 6.05. The largest absolute Gasteiger partial charge is 0.406 e. The molecule has 0 spiro atoms. The van der Waals surface area contributed by atoms with Crippen LogP contribution in [0.4, 0.5) is 6.01 Å². The van der Waals surface area contributed by atoms with Crippen LogP contribution in [0, 0.1) is 5.92 Å². The fourth-order valence-corrected chi connectivity index (χ4v) is 2.37. The zero-order chi connectivity index (χ0) is 13.0. The van der Waals surface area contributed by atoms with E-state index in [1.54, 1.807) is 0 Å². The van der Waals surface area contributed by atoms with Gasteiger partial charge in [-0.2, -0.15) is 0 Å². The summed E-state index contributed by atoms with van der Waals surface area (Å²) in [5.41, 5.74) is 6.05. The summed E-state index contributed by atoms with van der Waals surface area (Å²) in [7, 11) is 0. The molecule has 18 heavy (non-hydrogen) atoms. The summed E-state index contributed by atoms with van der Waals surface area (Å²) >= 11 is 0. The zero-order valence-electron chi connectivity index (χ0n) is 11.4. The molecule has 0 amide bonds. The molecule has 1 aromatic rings. The van der Waals surface area contributed by atoms with E-state index < -0.39 is 0 Å². The lowest BCUT2D eigenvalue weighted by atomic mass is 10.1. The second-order valence-electron chi connectivity index (χ2n) is 5.56. The highest BCUT2D eigenvalue weighted by molar-refractivity contribution is 5.24. The summed E-state index contributed by atoms with van der Waals surface area (Å²) in [6.07, 6.45) is 5.88. The van der Waals surface area contributed by atoms with Gasteiger partial charge in [0.2, 0.25) is 5.89 Å². The Kier molecular flexibility index (Phi) is 4.58. The molecular weight excluding hydrogens is 228 g/mol. The van der Waals surface area contributed by atoms with Crippen molar-refractivity contribution in [2.24, 2.45) is 11.7 Å². The molecule has 1 unspecified atom stereocenters. The van der Waals surface area contributed by atoms with Crippen LogP contribution in [0.15, 0.2) is 4.42 Å². The Balaban J connectivity index is 2.00. The fraction of sp³-hybridized carbons (Fsp3) is 0.846. The molecule has 0 aliphatic carbocycles. The third-order valence-electron chi connectivity index (χ3n) is 3.35. The maximum Gasteiger partial charge on any atom is 0.318 e. The molecule has 102 valence electrons. The van der Waals surface area contributed by atoms with Crippen molar-refractivity contribution in [1.29, 1.82) is 0 Å². The Hall–Kier alpha value is -1.10. The lowest BCUT2D eigenvalue weighted by Gasteiger charge is -2.16. The van der Waals surface area contributed by atoms with Gasteiger partial charge in [0.05, 0.1) is 6.04 Å². The van der Waals surface area contributed by atoms with Crippen LogP contribution in [0.5, 0.6) is 0 Å². The van der Waals surface area contributed by atoms with Crippen molar-refractivity contribution in [1.82, 2.24) is 10.2 Å². The van der Waals surface area contributed by atoms with Crippen molar-refractivity contribution in [2.45, 2.75) is 52.0 Å². The van der Waals surface area contributed by atoms with Gasteiger partial charge in [-0.3, -0.25) is 0 Å². The first-order chi connectivity index (χ1) is 8.66. The van der Waals surface area contributed by atoms with Gasteiger partial charge in [0.25, 0.3) is 0 Å². The SMILES string of the molecule is CC(C)CC(N)c1nnc(N2CCCCCC2)o1. The van der Waals surface area contributed by atoms with Crippen molar-refractivity contribution < 1.29 is 4.42 Å². The third kappa shape index (κ3) is 3.45. The van der Waals surface area contributed by atoms with E-state index in [1.807, 2.05) is 0 Å². The van der Waals surface area contributed by atoms with Crippen LogP contribution >= 0.6 is 0 Å². The predicted molar refractivity (Wildman–Crippen MR) is 71.4 cm³/mol. The Labute approximate surface area is 109 Å². The summed E-state index contributed by atoms with van der Waals surface area (Å²) in [5, 5.41) is 8.23. The minimum absolute atomic E-state index is 0.141. The van der Waals surface area contributed by atoms with E-state index >= 15 is 0 Å². The van der Waals surface area contributed by atoms with Gasteiger partial charge in [-0.25, -0.2) is 0 Å². The van der Waals surface area contributed by atoms with Crippen LogP contribution in [0.2, 0.25) is 0 Å². The van der Waals surface area contributed by atoms with E-state index in [0.29, 0.717) is 17.8 Å².